The summed E-state index contributed by atoms with van der Waals surface area (Å²) in [5, 5.41) is 19.2. The van der Waals surface area contributed by atoms with Gasteiger partial charge >= 0.3 is 0 Å². The predicted octanol–water partition coefficient (Wildman–Crippen LogP) is 3.15. The van der Waals surface area contributed by atoms with Gasteiger partial charge in [-0.1, -0.05) is 13.8 Å². The van der Waals surface area contributed by atoms with E-state index in [0.29, 0.717) is 17.3 Å². The Kier molecular flexibility index (Phi) is 8.12. The highest BCUT2D eigenvalue weighted by Gasteiger charge is 2.41. The number of aromatic nitrogens is 4. The van der Waals surface area contributed by atoms with E-state index in [4.69, 9.17) is 0 Å². The molecule has 4 N–H and O–H groups in total. The van der Waals surface area contributed by atoms with Gasteiger partial charge in [0.1, 0.15) is 11.6 Å². The fraction of sp³-hybridized carbons (Fsp3) is 0.333. The summed E-state index contributed by atoms with van der Waals surface area (Å²) in [7, 11) is -2.27. The molecule has 2 aliphatic heterocycles. The molecule has 242 valence electrons. The molecule has 16 heteroatoms. The van der Waals surface area contributed by atoms with Gasteiger partial charge in [-0.2, -0.15) is 14.5 Å². The highest BCUT2D eigenvalue weighted by atomic mass is 32.2. The molecule has 2 amide bonds. The van der Waals surface area contributed by atoms with Gasteiger partial charge in [-0.15, -0.1) is 0 Å². The average molecular weight is 654 g/mol. The highest BCUT2D eigenvalue weighted by Crippen LogP contribution is 2.38. The minimum Gasteiger partial charge on any atom is -0.369 e. The minimum absolute atomic E-state index is 0.00596. The van der Waals surface area contributed by atoms with Crippen molar-refractivity contribution in [2.24, 2.45) is 0 Å². The van der Waals surface area contributed by atoms with Gasteiger partial charge in [0.2, 0.25) is 10.0 Å². The first-order chi connectivity index (χ1) is 21.8. The van der Waals surface area contributed by atoms with Crippen molar-refractivity contribution in [1.29, 1.82) is 0 Å². The van der Waals surface area contributed by atoms with E-state index < -0.39 is 43.8 Å². The van der Waals surface area contributed by atoms with Crippen molar-refractivity contribution in [2.75, 3.05) is 55.3 Å². The molecule has 6 rings (SSSR count). The van der Waals surface area contributed by atoms with Crippen molar-refractivity contribution >= 4 is 39.0 Å². The number of halogens is 2. The summed E-state index contributed by atoms with van der Waals surface area (Å²) in [5.41, 5.74) is 1.75. The molecule has 2 aromatic heterocycles. The van der Waals surface area contributed by atoms with E-state index in [1.165, 1.54) is 12.4 Å². The fourth-order valence-corrected chi connectivity index (χ4v) is 7.38. The normalized spacial score (nSPS) is 17.0. The van der Waals surface area contributed by atoms with Gasteiger partial charge in [-0.05, 0) is 37.4 Å². The van der Waals surface area contributed by atoms with E-state index in [1.54, 1.807) is 26.0 Å². The zero-order valence-corrected chi connectivity index (χ0v) is 26.2. The van der Waals surface area contributed by atoms with Crippen LogP contribution in [0.25, 0.3) is 0 Å². The van der Waals surface area contributed by atoms with Crippen LogP contribution in [0.1, 0.15) is 45.8 Å². The second kappa shape index (κ2) is 11.9. The van der Waals surface area contributed by atoms with E-state index >= 15 is 0 Å². The van der Waals surface area contributed by atoms with Crippen molar-refractivity contribution < 1.29 is 26.8 Å². The molecule has 1 fully saturated rings. The summed E-state index contributed by atoms with van der Waals surface area (Å²) in [6.07, 6.45) is 2.81. The number of benzene rings is 2. The SMILES string of the molecule is CN1CCN(c2ccc(C(=O)Nc3n[nH]c4c3CN(S(=O)(=O)c3cc(F)cc(F)c3)CC4(C)C)c(NC(=O)c3cn[nH]c3)c2)CC1. The summed E-state index contributed by atoms with van der Waals surface area (Å²) in [6, 6.07) is 7.31. The number of piperazine rings is 1. The summed E-state index contributed by atoms with van der Waals surface area (Å²) in [5.74, 6) is -2.99. The summed E-state index contributed by atoms with van der Waals surface area (Å²) < 4.78 is 56.0. The first-order valence-corrected chi connectivity index (χ1v) is 16.0. The standard InChI is InChI=1S/C30H33F2N9O4S/c1-30(2)17-41(46(44,45)22-11-19(31)10-20(32)12-22)16-24-26(30)37-38-27(24)36-29(43)23-5-4-21(40-8-6-39(3)7-9-40)13-25(23)35-28(42)18-14-33-34-15-18/h4-5,10-15H,6-9,16-17H2,1-3H3,(H,33,34)(H,35,42)(H2,36,37,38,43). The number of carbonyl (C=O) groups is 2. The Balaban J connectivity index is 1.30. The Labute approximate surface area is 264 Å². The molecule has 1 saturated heterocycles. The number of carbonyl (C=O) groups excluding carboxylic acids is 2. The van der Waals surface area contributed by atoms with Crippen LogP contribution in [0.3, 0.4) is 0 Å². The number of likely N-dealkylation sites (N-methyl/N-ethyl adjacent to an activating group) is 1. The molecule has 2 aliphatic rings. The molecule has 0 saturated carbocycles. The van der Waals surface area contributed by atoms with Gasteiger partial charge < -0.3 is 20.4 Å². The molecule has 2 aromatic carbocycles. The van der Waals surface area contributed by atoms with Crippen molar-refractivity contribution in [3.63, 3.8) is 0 Å². The molecule has 0 unspecified atom stereocenters. The van der Waals surface area contributed by atoms with E-state index in [-0.39, 0.29) is 35.7 Å². The third kappa shape index (κ3) is 6.10. The lowest BCUT2D eigenvalue weighted by Crippen LogP contribution is -2.45. The fourth-order valence-electron chi connectivity index (χ4n) is 5.77. The van der Waals surface area contributed by atoms with Crippen molar-refractivity contribution in [3.8, 4) is 0 Å². The zero-order valence-electron chi connectivity index (χ0n) is 25.4. The van der Waals surface area contributed by atoms with E-state index in [2.05, 4.69) is 40.8 Å². The topological polar surface area (TPSA) is 159 Å². The third-order valence-corrected chi connectivity index (χ3v) is 10.1. The van der Waals surface area contributed by atoms with Crippen LogP contribution in [-0.2, 0) is 22.0 Å². The Morgan fingerprint density at radius 3 is 2.37 bits per heavy atom. The number of rotatable bonds is 7. The lowest BCUT2D eigenvalue weighted by molar-refractivity contribution is 0.102. The summed E-state index contributed by atoms with van der Waals surface area (Å²) in [6.45, 7) is 6.64. The smallest absolute Gasteiger partial charge is 0.258 e. The van der Waals surface area contributed by atoms with Gasteiger partial charge in [0.05, 0.1) is 27.9 Å². The number of H-pyrrole nitrogens is 2. The molecule has 46 heavy (non-hydrogen) atoms. The first kappa shape index (κ1) is 31.3. The first-order valence-electron chi connectivity index (χ1n) is 14.5. The summed E-state index contributed by atoms with van der Waals surface area (Å²) >= 11 is 0. The molecule has 0 spiro atoms. The molecular weight excluding hydrogens is 620 g/mol. The Morgan fingerprint density at radius 1 is 0.978 bits per heavy atom. The van der Waals surface area contributed by atoms with Crippen LogP contribution in [0.15, 0.2) is 53.7 Å². The Bertz CT molecular complexity index is 1880. The molecular formula is C30H33F2N9O4S. The maximum Gasteiger partial charge on any atom is 0.258 e. The van der Waals surface area contributed by atoms with Crippen LogP contribution < -0.4 is 15.5 Å². The van der Waals surface area contributed by atoms with Crippen molar-refractivity contribution in [1.82, 2.24) is 29.6 Å². The molecule has 0 aliphatic carbocycles. The lowest BCUT2D eigenvalue weighted by Gasteiger charge is -2.36. The van der Waals surface area contributed by atoms with E-state index in [9.17, 15) is 26.8 Å². The van der Waals surface area contributed by atoms with Crippen LogP contribution in [-0.4, -0.2) is 89.6 Å². The van der Waals surface area contributed by atoms with Gasteiger partial charge in [0, 0.05) is 73.9 Å². The molecule has 0 bridgehead atoms. The van der Waals surface area contributed by atoms with Crippen molar-refractivity contribution in [2.45, 2.75) is 30.7 Å². The number of nitrogens with one attached hydrogen (secondary N) is 4. The van der Waals surface area contributed by atoms with Crippen LogP contribution in [0.5, 0.6) is 0 Å². The van der Waals surface area contributed by atoms with Gasteiger partial charge in [-0.3, -0.25) is 19.8 Å². The third-order valence-electron chi connectivity index (χ3n) is 8.28. The van der Waals surface area contributed by atoms with Gasteiger partial charge in [-0.25, -0.2) is 17.2 Å². The number of sulfonamides is 1. The van der Waals surface area contributed by atoms with E-state index in [0.717, 1.165) is 48.3 Å². The van der Waals surface area contributed by atoms with Gasteiger partial charge in [0.15, 0.2) is 5.82 Å². The summed E-state index contributed by atoms with van der Waals surface area (Å²) in [4.78, 5) is 30.7. The molecule has 4 heterocycles. The molecule has 0 atom stereocenters. The maximum absolute atomic E-state index is 14.0. The maximum atomic E-state index is 14.0. The molecule has 13 nitrogen and oxygen atoms in total. The second-order valence-electron chi connectivity index (χ2n) is 12.1. The number of nitrogens with zero attached hydrogens (tertiary/aromatic N) is 5. The van der Waals surface area contributed by atoms with Crippen LogP contribution in [0, 0.1) is 11.6 Å². The van der Waals surface area contributed by atoms with E-state index in [1.807, 2.05) is 13.1 Å². The zero-order chi connectivity index (χ0) is 32.8. The Morgan fingerprint density at radius 2 is 1.70 bits per heavy atom. The highest BCUT2D eigenvalue weighted by molar-refractivity contribution is 7.89. The predicted molar refractivity (Wildman–Crippen MR) is 166 cm³/mol. The number of amides is 2. The quantitative estimate of drug-likeness (QED) is 0.237. The number of hydrogen-bond acceptors (Lipinski definition) is 8. The monoisotopic (exact) mass is 653 g/mol. The molecule has 4 aromatic rings. The van der Waals surface area contributed by atoms with Gasteiger partial charge in [0.25, 0.3) is 11.8 Å². The molecule has 0 radical (unpaired) electrons. The van der Waals surface area contributed by atoms with Crippen LogP contribution >= 0.6 is 0 Å². The van der Waals surface area contributed by atoms with Crippen LogP contribution in [0.4, 0.5) is 26.0 Å². The minimum atomic E-state index is -4.32. The lowest BCUT2D eigenvalue weighted by atomic mass is 9.84. The number of aromatic amines is 2. The largest absolute Gasteiger partial charge is 0.369 e. The Hall–Kier alpha value is -4.67. The number of anilines is 3. The van der Waals surface area contributed by atoms with Crippen LogP contribution in [0.2, 0.25) is 0 Å². The number of fused-ring (bicyclic) bond motifs is 1. The number of hydrogen-bond donors (Lipinski definition) is 4. The average Bonchev–Trinajstić information content (AvgIpc) is 3.68. The van der Waals surface area contributed by atoms with Crippen molar-refractivity contribution in [3.05, 3.63) is 82.8 Å². The second-order valence-corrected chi connectivity index (χ2v) is 14.0.